The number of amides is 1. The molecule has 128 valence electrons. The van der Waals surface area contributed by atoms with E-state index in [9.17, 15) is 4.79 Å². The van der Waals surface area contributed by atoms with Crippen LogP contribution in [0.2, 0.25) is 0 Å². The molecule has 6 heteroatoms. The predicted molar refractivity (Wildman–Crippen MR) is 88.6 cm³/mol. The van der Waals surface area contributed by atoms with Crippen LogP contribution in [0.15, 0.2) is 28.9 Å². The predicted octanol–water partition coefficient (Wildman–Crippen LogP) is 2.76. The summed E-state index contributed by atoms with van der Waals surface area (Å²) in [6, 6.07) is 3.89. The lowest BCUT2D eigenvalue weighted by molar-refractivity contribution is -0.00768. The molecule has 1 fully saturated rings. The van der Waals surface area contributed by atoms with Crippen LogP contribution in [0.1, 0.15) is 47.5 Å². The maximum absolute atomic E-state index is 12.7. The van der Waals surface area contributed by atoms with Crippen molar-refractivity contribution in [1.29, 1.82) is 0 Å². The molecule has 0 saturated carbocycles. The number of likely N-dealkylation sites (tertiary alicyclic amines) is 1. The fraction of sp³-hybridized carbons (Fsp3) is 0.500. The molecular formula is C18H23N3O3. The third kappa shape index (κ3) is 3.82. The largest absolute Gasteiger partial charge is 0.435 e. The molecule has 1 atom stereocenters. The Kier molecular flexibility index (Phi) is 5.25. The van der Waals surface area contributed by atoms with Crippen LogP contribution in [0.3, 0.4) is 0 Å². The van der Waals surface area contributed by atoms with E-state index in [1.165, 1.54) is 0 Å². The van der Waals surface area contributed by atoms with Gasteiger partial charge in [-0.1, -0.05) is 13.0 Å². The lowest BCUT2D eigenvalue weighted by Gasteiger charge is -2.32. The van der Waals surface area contributed by atoms with Crippen molar-refractivity contribution in [3.63, 3.8) is 0 Å². The van der Waals surface area contributed by atoms with Crippen LogP contribution >= 0.6 is 0 Å². The maximum Gasteiger partial charge on any atom is 0.291 e. The molecule has 2 aromatic rings. The van der Waals surface area contributed by atoms with Crippen molar-refractivity contribution in [3.05, 3.63) is 47.4 Å². The van der Waals surface area contributed by atoms with Gasteiger partial charge in [-0.25, -0.2) is 4.98 Å². The zero-order valence-electron chi connectivity index (χ0n) is 14.2. The van der Waals surface area contributed by atoms with Crippen LogP contribution in [0.5, 0.6) is 0 Å². The Morgan fingerprint density at radius 2 is 2.38 bits per heavy atom. The molecule has 0 N–H and O–H groups in total. The molecule has 3 rings (SSSR count). The first-order valence-corrected chi connectivity index (χ1v) is 8.43. The monoisotopic (exact) mass is 329 g/mol. The van der Waals surface area contributed by atoms with Gasteiger partial charge in [0.05, 0.1) is 18.4 Å². The molecule has 24 heavy (non-hydrogen) atoms. The summed E-state index contributed by atoms with van der Waals surface area (Å²) < 4.78 is 11.6. The summed E-state index contributed by atoms with van der Waals surface area (Å²) in [5.41, 5.74) is 1.70. The van der Waals surface area contributed by atoms with E-state index in [0.717, 1.165) is 24.9 Å². The van der Waals surface area contributed by atoms with Gasteiger partial charge in [0.1, 0.15) is 0 Å². The van der Waals surface area contributed by atoms with E-state index in [-0.39, 0.29) is 12.0 Å². The molecule has 2 aromatic heterocycles. The van der Waals surface area contributed by atoms with Crippen LogP contribution in [-0.4, -0.2) is 40.0 Å². The number of oxazole rings is 1. The molecule has 0 spiro atoms. The number of aryl methyl sites for hydroxylation is 2. The van der Waals surface area contributed by atoms with Crippen LogP contribution in [0.4, 0.5) is 0 Å². The molecule has 3 heterocycles. The number of nitrogens with zero attached hydrogens (tertiary/aromatic N) is 3. The summed E-state index contributed by atoms with van der Waals surface area (Å²) in [5.74, 6) is 0.881. The minimum atomic E-state index is -0.0885. The number of pyridine rings is 1. The van der Waals surface area contributed by atoms with Crippen LogP contribution in [-0.2, 0) is 17.8 Å². The lowest BCUT2D eigenvalue weighted by atomic mass is 10.1. The molecule has 0 radical (unpaired) electrons. The zero-order valence-corrected chi connectivity index (χ0v) is 14.2. The topological polar surface area (TPSA) is 68.5 Å². The number of piperidine rings is 1. The molecule has 0 bridgehead atoms. The molecule has 1 amide bonds. The third-order valence-electron chi connectivity index (χ3n) is 4.21. The van der Waals surface area contributed by atoms with Gasteiger partial charge in [-0.15, -0.1) is 0 Å². The summed E-state index contributed by atoms with van der Waals surface area (Å²) in [6.07, 6.45) is 6.16. The molecular weight excluding hydrogens is 306 g/mol. The van der Waals surface area contributed by atoms with Crippen molar-refractivity contribution in [2.75, 3.05) is 13.1 Å². The van der Waals surface area contributed by atoms with Crippen molar-refractivity contribution in [1.82, 2.24) is 14.9 Å². The highest BCUT2D eigenvalue weighted by Crippen LogP contribution is 2.19. The smallest absolute Gasteiger partial charge is 0.291 e. The standard InChI is InChI=1S/C18H23N3O3/c1-3-16-20-13(2)17(24-16)18(22)21-9-5-7-15(11-21)23-12-14-6-4-8-19-10-14/h4,6,8,10,15H,3,5,7,9,11-12H2,1-2H3/t15-/m0/s1. The Hall–Kier alpha value is -2.21. The molecule has 0 aliphatic carbocycles. The van der Waals surface area contributed by atoms with Gasteiger partial charge in [0.2, 0.25) is 5.76 Å². The Bertz CT molecular complexity index is 684. The SMILES string of the molecule is CCc1nc(C)c(C(=O)N2CCC[C@H](OCc3cccnc3)C2)o1. The zero-order chi connectivity index (χ0) is 16.9. The molecule has 1 aliphatic heterocycles. The fourth-order valence-electron chi connectivity index (χ4n) is 2.90. The van der Waals surface area contributed by atoms with Gasteiger partial charge in [0, 0.05) is 31.9 Å². The maximum atomic E-state index is 12.7. The number of rotatable bonds is 5. The molecule has 0 aromatic carbocycles. The van der Waals surface area contributed by atoms with Crippen LogP contribution in [0.25, 0.3) is 0 Å². The van der Waals surface area contributed by atoms with E-state index in [1.54, 1.807) is 12.4 Å². The van der Waals surface area contributed by atoms with E-state index < -0.39 is 0 Å². The first-order valence-electron chi connectivity index (χ1n) is 8.43. The van der Waals surface area contributed by atoms with Crippen molar-refractivity contribution < 1.29 is 13.9 Å². The van der Waals surface area contributed by atoms with E-state index in [2.05, 4.69) is 9.97 Å². The van der Waals surface area contributed by atoms with E-state index >= 15 is 0 Å². The highest BCUT2D eigenvalue weighted by atomic mass is 16.5. The van der Waals surface area contributed by atoms with Gasteiger partial charge < -0.3 is 14.1 Å². The number of ether oxygens (including phenoxy) is 1. The van der Waals surface area contributed by atoms with Gasteiger partial charge in [-0.2, -0.15) is 0 Å². The normalized spacial score (nSPS) is 17.9. The lowest BCUT2D eigenvalue weighted by Crippen LogP contribution is -2.43. The highest BCUT2D eigenvalue weighted by Gasteiger charge is 2.28. The van der Waals surface area contributed by atoms with E-state index in [1.807, 2.05) is 30.9 Å². The minimum absolute atomic E-state index is 0.0387. The molecule has 1 aliphatic rings. The second kappa shape index (κ2) is 7.57. The second-order valence-corrected chi connectivity index (χ2v) is 6.06. The summed E-state index contributed by atoms with van der Waals surface area (Å²) in [5, 5.41) is 0. The van der Waals surface area contributed by atoms with Crippen LogP contribution in [0, 0.1) is 6.92 Å². The van der Waals surface area contributed by atoms with Gasteiger partial charge in [-0.3, -0.25) is 9.78 Å². The number of carbonyl (C=O) groups excluding carboxylic acids is 1. The minimum Gasteiger partial charge on any atom is -0.435 e. The molecule has 0 unspecified atom stereocenters. The van der Waals surface area contributed by atoms with Gasteiger partial charge in [0.15, 0.2) is 5.89 Å². The summed E-state index contributed by atoms with van der Waals surface area (Å²) >= 11 is 0. The molecule has 6 nitrogen and oxygen atoms in total. The van der Waals surface area contributed by atoms with Crippen molar-refractivity contribution in [2.24, 2.45) is 0 Å². The van der Waals surface area contributed by atoms with Gasteiger partial charge in [-0.05, 0) is 31.4 Å². The Labute approximate surface area is 141 Å². The number of hydrogen-bond donors (Lipinski definition) is 0. The summed E-state index contributed by atoms with van der Waals surface area (Å²) in [6.45, 7) is 5.61. The number of carbonyl (C=O) groups is 1. The van der Waals surface area contributed by atoms with E-state index in [4.69, 9.17) is 9.15 Å². The first-order chi connectivity index (χ1) is 11.7. The average Bonchev–Trinajstić information content (AvgIpc) is 3.01. The quantitative estimate of drug-likeness (QED) is 0.844. The Morgan fingerprint density at radius 3 is 3.08 bits per heavy atom. The highest BCUT2D eigenvalue weighted by molar-refractivity contribution is 5.92. The van der Waals surface area contributed by atoms with Gasteiger partial charge >= 0.3 is 0 Å². The van der Waals surface area contributed by atoms with Crippen molar-refractivity contribution in [2.45, 2.75) is 45.8 Å². The average molecular weight is 329 g/mol. The fourth-order valence-corrected chi connectivity index (χ4v) is 2.90. The van der Waals surface area contributed by atoms with Crippen LogP contribution < -0.4 is 0 Å². The Morgan fingerprint density at radius 1 is 1.50 bits per heavy atom. The van der Waals surface area contributed by atoms with Crippen molar-refractivity contribution >= 4 is 5.91 Å². The first kappa shape index (κ1) is 16.6. The summed E-state index contributed by atoms with van der Waals surface area (Å²) in [7, 11) is 0. The van der Waals surface area contributed by atoms with Gasteiger partial charge in [0.25, 0.3) is 5.91 Å². The number of hydrogen-bond acceptors (Lipinski definition) is 5. The number of aromatic nitrogens is 2. The third-order valence-corrected chi connectivity index (χ3v) is 4.21. The summed E-state index contributed by atoms with van der Waals surface area (Å²) in [4.78, 5) is 22.9. The molecule has 1 saturated heterocycles. The van der Waals surface area contributed by atoms with Crippen molar-refractivity contribution in [3.8, 4) is 0 Å². The Balaban J connectivity index is 1.60. The van der Waals surface area contributed by atoms with E-state index in [0.29, 0.717) is 36.9 Å². The second-order valence-electron chi connectivity index (χ2n) is 6.06.